The Morgan fingerprint density at radius 2 is 2.05 bits per heavy atom. The summed E-state index contributed by atoms with van der Waals surface area (Å²) in [5, 5.41) is 11.0. The number of nitrogens with one attached hydrogen (secondary N) is 1. The van der Waals surface area contributed by atoms with E-state index in [4.69, 9.17) is 4.74 Å². The van der Waals surface area contributed by atoms with E-state index >= 15 is 0 Å². The Kier molecular flexibility index (Phi) is 3.95. The average Bonchev–Trinajstić information content (AvgIpc) is 2.50. The van der Waals surface area contributed by atoms with Crippen LogP contribution in [0.4, 0.5) is 5.82 Å². The molecule has 1 aliphatic rings. The summed E-state index contributed by atoms with van der Waals surface area (Å²) in [6, 6.07) is 13.2. The Balaban J connectivity index is 1.40. The second-order valence-electron chi connectivity index (χ2n) is 4.85. The fourth-order valence-corrected chi connectivity index (χ4v) is 2.11. The van der Waals surface area contributed by atoms with Gasteiger partial charge in [0.1, 0.15) is 11.6 Å². The van der Waals surface area contributed by atoms with E-state index in [1.807, 2.05) is 42.5 Å². The molecular weight excluding hydrogens is 268 g/mol. The highest BCUT2D eigenvalue weighted by atomic mass is 16.5. The third-order valence-electron chi connectivity index (χ3n) is 3.26. The number of likely N-dealkylation sites (tertiary alicyclic amines) is 1. The first kappa shape index (κ1) is 13.4. The number of ether oxygens (including phenoxy) is 1. The minimum atomic E-state index is -0.00366. The first-order valence-corrected chi connectivity index (χ1v) is 6.81. The van der Waals surface area contributed by atoms with Crippen molar-refractivity contribution in [2.45, 2.75) is 6.04 Å². The monoisotopic (exact) mass is 284 g/mol. The van der Waals surface area contributed by atoms with Crippen LogP contribution in [0.2, 0.25) is 0 Å². The van der Waals surface area contributed by atoms with Gasteiger partial charge >= 0.3 is 0 Å². The van der Waals surface area contributed by atoms with Gasteiger partial charge < -0.3 is 15.0 Å². The Labute approximate surface area is 122 Å². The van der Waals surface area contributed by atoms with Gasteiger partial charge in [0.25, 0.3) is 5.91 Å². The zero-order valence-corrected chi connectivity index (χ0v) is 11.5. The van der Waals surface area contributed by atoms with Crippen molar-refractivity contribution < 1.29 is 9.53 Å². The molecule has 0 bridgehead atoms. The number of hydrogen-bond acceptors (Lipinski definition) is 5. The number of amides is 1. The van der Waals surface area contributed by atoms with E-state index in [-0.39, 0.29) is 18.6 Å². The van der Waals surface area contributed by atoms with Gasteiger partial charge in [-0.05, 0) is 24.3 Å². The van der Waals surface area contributed by atoms with Gasteiger partial charge in [-0.2, -0.15) is 5.10 Å². The molecule has 3 rings (SSSR count). The Morgan fingerprint density at radius 1 is 1.24 bits per heavy atom. The highest BCUT2D eigenvalue weighted by Crippen LogP contribution is 2.14. The highest BCUT2D eigenvalue weighted by molar-refractivity contribution is 5.79. The molecule has 1 fully saturated rings. The summed E-state index contributed by atoms with van der Waals surface area (Å²) in [6.07, 6.45) is 1.63. The maximum Gasteiger partial charge on any atom is 0.260 e. The lowest BCUT2D eigenvalue weighted by Gasteiger charge is -2.39. The number of para-hydroxylation sites is 1. The molecule has 1 saturated heterocycles. The van der Waals surface area contributed by atoms with Crippen LogP contribution < -0.4 is 10.1 Å². The van der Waals surface area contributed by atoms with Crippen LogP contribution >= 0.6 is 0 Å². The van der Waals surface area contributed by atoms with Crippen molar-refractivity contribution in [2.75, 3.05) is 25.0 Å². The summed E-state index contributed by atoms with van der Waals surface area (Å²) >= 11 is 0. The highest BCUT2D eigenvalue weighted by Gasteiger charge is 2.30. The van der Waals surface area contributed by atoms with Crippen LogP contribution in [0, 0.1) is 0 Å². The molecule has 1 aromatic carbocycles. The van der Waals surface area contributed by atoms with E-state index < -0.39 is 0 Å². The number of benzene rings is 1. The van der Waals surface area contributed by atoms with E-state index in [0.717, 1.165) is 5.82 Å². The van der Waals surface area contributed by atoms with Gasteiger partial charge in [0, 0.05) is 19.3 Å². The maximum absolute atomic E-state index is 11.9. The third kappa shape index (κ3) is 3.47. The van der Waals surface area contributed by atoms with E-state index in [9.17, 15) is 4.79 Å². The van der Waals surface area contributed by atoms with E-state index in [1.54, 1.807) is 11.1 Å². The fraction of sp³-hybridized carbons (Fsp3) is 0.267. The van der Waals surface area contributed by atoms with Crippen LogP contribution in [0.1, 0.15) is 0 Å². The van der Waals surface area contributed by atoms with Crippen LogP contribution in [0.15, 0.2) is 48.7 Å². The molecule has 0 unspecified atom stereocenters. The van der Waals surface area contributed by atoms with Gasteiger partial charge in [-0.25, -0.2) is 0 Å². The largest absolute Gasteiger partial charge is 0.484 e. The van der Waals surface area contributed by atoms with Crippen LogP contribution in [0.3, 0.4) is 0 Å². The summed E-state index contributed by atoms with van der Waals surface area (Å²) in [5.74, 6) is 1.44. The molecule has 6 heteroatoms. The maximum atomic E-state index is 11.9. The number of carbonyl (C=O) groups is 1. The van der Waals surface area contributed by atoms with Crippen LogP contribution in [-0.4, -0.2) is 46.7 Å². The molecule has 0 saturated carbocycles. The van der Waals surface area contributed by atoms with Crippen LogP contribution in [0.25, 0.3) is 0 Å². The van der Waals surface area contributed by atoms with E-state index in [2.05, 4.69) is 15.5 Å². The molecule has 2 aromatic rings. The molecule has 6 nitrogen and oxygen atoms in total. The van der Waals surface area contributed by atoms with Gasteiger partial charge in [0.05, 0.1) is 6.04 Å². The molecule has 1 aromatic heterocycles. The third-order valence-corrected chi connectivity index (χ3v) is 3.26. The second kappa shape index (κ2) is 6.21. The van der Waals surface area contributed by atoms with Crippen molar-refractivity contribution in [1.29, 1.82) is 0 Å². The Hall–Kier alpha value is -2.63. The molecular formula is C15H16N4O2. The normalized spacial score (nSPS) is 14.4. The summed E-state index contributed by atoms with van der Waals surface area (Å²) in [7, 11) is 0. The Bertz CT molecular complexity index is 585. The second-order valence-corrected chi connectivity index (χ2v) is 4.85. The van der Waals surface area contributed by atoms with Crippen LogP contribution in [-0.2, 0) is 4.79 Å². The summed E-state index contributed by atoms with van der Waals surface area (Å²) < 4.78 is 5.44. The molecule has 0 spiro atoms. The van der Waals surface area contributed by atoms with Crippen molar-refractivity contribution in [3.63, 3.8) is 0 Å². The van der Waals surface area contributed by atoms with Crippen LogP contribution in [0.5, 0.6) is 5.75 Å². The summed E-state index contributed by atoms with van der Waals surface area (Å²) in [6.45, 7) is 1.39. The summed E-state index contributed by atoms with van der Waals surface area (Å²) in [4.78, 5) is 13.7. The van der Waals surface area contributed by atoms with Crippen molar-refractivity contribution in [1.82, 2.24) is 15.1 Å². The van der Waals surface area contributed by atoms with Gasteiger partial charge in [-0.1, -0.05) is 18.2 Å². The van der Waals surface area contributed by atoms with Gasteiger partial charge in [0.15, 0.2) is 6.61 Å². The number of hydrogen-bond donors (Lipinski definition) is 1. The van der Waals surface area contributed by atoms with Gasteiger partial charge in [0.2, 0.25) is 0 Å². The first-order chi connectivity index (χ1) is 10.3. The lowest BCUT2D eigenvalue weighted by molar-refractivity contribution is -0.137. The molecule has 0 radical (unpaired) electrons. The number of nitrogens with zero attached hydrogens (tertiary/aromatic N) is 3. The number of rotatable bonds is 5. The van der Waals surface area contributed by atoms with Crippen molar-refractivity contribution in [2.24, 2.45) is 0 Å². The number of aromatic nitrogens is 2. The summed E-state index contributed by atoms with van der Waals surface area (Å²) in [5.41, 5.74) is 0. The average molecular weight is 284 g/mol. The van der Waals surface area contributed by atoms with Gasteiger partial charge in [-0.3, -0.25) is 4.79 Å². The standard InChI is InChI=1S/C15H16N4O2/c20-15(11-21-13-5-2-1-3-6-13)19-9-12(10-19)17-14-7-4-8-16-18-14/h1-8,12H,9-11H2,(H,17,18). The molecule has 108 valence electrons. The van der Waals surface area contributed by atoms with E-state index in [0.29, 0.717) is 18.8 Å². The number of anilines is 1. The minimum Gasteiger partial charge on any atom is -0.484 e. The topological polar surface area (TPSA) is 67.3 Å². The molecule has 2 heterocycles. The van der Waals surface area contributed by atoms with E-state index in [1.165, 1.54) is 0 Å². The molecule has 0 aliphatic carbocycles. The molecule has 21 heavy (non-hydrogen) atoms. The molecule has 1 amide bonds. The lowest BCUT2D eigenvalue weighted by Crippen LogP contribution is -2.58. The smallest absolute Gasteiger partial charge is 0.260 e. The van der Waals surface area contributed by atoms with Crippen molar-refractivity contribution in [3.8, 4) is 5.75 Å². The fourth-order valence-electron chi connectivity index (χ4n) is 2.11. The first-order valence-electron chi connectivity index (χ1n) is 6.81. The molecule has 1 N–H and O–H groups in total. The number of carbonyl (C=O) groups excluding carboxylic acids is 1. The van der Waals surface area contributed by atoms with Gasteiger partial charge in [-0.15, -0.1) is 5.10 Å². The molecule has 1 aliphatic heterocycles. The lowest BCUT2D eigenvalue weighted by atomic mass is 10.1. The molecule has 0 atom stereocenters. The zero-order chi connectivity index (χ0) is 14.5. The predicted molar refractivity (Wildman–Crippen MR) is 78.0 cm³/mol. The van der Waals surface area contributed by atoms with Crippen molar-refractivity contribution >= 4 is 11.7 Å². The predicted octanol–water partition coefficient (Wildman–Crippen LogP) is 1.18. The minimum absolute atomic E-state index is 0.00366. The quantitative estimate of drug-likeness (QED) is 0.893. The van der Waals surface area contributed by atoms with Crippen molar-refractivity contribution in [3.05, 3.63) is 48.7 Å². The SMILES string of the molecule is O=C(COc1ccccc1)N1CC(Nc2cccnn2)C1. The zero-order valence-electron chi connectivity index (χ0n) is 11.5. The Morgan fingerprint density at radius 3 is 2.76 bits per heavy atom.